The van der Waals surface area contributed by atoms with E-state index < -0.39 is 10.7 Å². The first-order valence-corrected chi connectivity index (χ1v) is 10.6. The molecule has 0 bridgehead atoms. The quantitative estimate of drug-likeness (QED) is 0.389. The number of anilines is 1. The molecule has 0 spiro atoms. The predicted octanol–water partition coefficient (Wildman–Crippen LogP) is 1.54. The van der Waals surface area contributed by atoms with Crippen molar-refractivity contribution in [3.63, 3.8) is 0 Å². The number of nitrogens with one attached hydrogen (secondary N) is 2. The number of carbonyl (C=O) groups excluding carboxylic acids is 2. The molecular weight excluding hydrogens is 430 g/mol. The molecule has 1 aromatic heterocycles. The number of hydrogen-bond acceptors (Lipinski definition) is 7. The zero-order valence-corrected chi connectivity index (χ0v) is 17.8. The highest BCUT2D eigenvalue weighted by Crippen LogP contribution is 2.20. The monoisotopic (exact) mass is 453 g/mol. The number of oxazole rings is 1. The van der Waals surface area contributed by atoms with Gasteiger partial charge in [-0.25, -0.2) is 4.79 Å². The molecule has 1 saturated heterocycles. The second kappa shape index (κ2) is 9.55. The van der Waals surface area contributed by atoms with Gasteiger partial charge in [-0.15, -0.1) is 0 Å². The average molecular weight is 453 g/mol. The first-order chi connectivity index (χ1) is 15.9. The highest BCUT2D eigenvalue weighted by Gasteiger charge is 2.16. The Kier molecular flexibility index (Phi) is 6.38. The number of nitro groups is 1. The molecule has 0 saturated carbocycles. The van der Waals surface area contributed by atoms with Gasteiger partial charge in [0.15, 0.2) is 5.58 Å². The summed E-state index contributed by atoms with van der Waals surface area (Å²) in [6.45, 7) is 2.35. The van der Waals surface area contributed by atoms with E-state index in [0.29, 0.717) is 31.6 Å². The van der Waals surface area contributed by atoms with Crippen LogP contribution >= 0.6 is 0 Å². The Morgan fingerprint density at radius 3 is 2.70 bits per heavy atom. The van der Waals surface area contributed by atoms with Crippen molar-refractivity contribution in [2.24, 2.45) is 0 Å². The van der Waals surface area contributed by atoms with Gasteiger partial charge in [-0.3, -0.25) is 24.3 Å². The van der Waals surface area contributed by atoms with Crippen LogP contribution in [-0.4, -0.2) is 40.9 Å². The summed E-state index contributed by atoms with van der Waals surface area (Å²) in [4.78, 5) is 48.1. The van der Waals surface area contributed by atoms with E-state index in [0.717, 1.165) is 17.8 Å². The van der Waals surface area contributed by atoms with Gasteiger partial charge in [-0.1, -0.05) is 12.1 Å². The third-order valence-corrected chi connectivity index (χ3v) is 5.48. The zero-order valence-electron chi connectivity index (χ0n) is 17.8. The van der Waals surface area contributed by atoms with Crippen molar-refractivity contribution in [2.45, 2.75) is 25.9 Å². The Morgan fingerprint density at radius 1 is 1.18 bits per heavy atom. The molecule has 0 atom stereocenters. The molecular formula is C22H23N5O6. The Bertz CT molecular complexity index is 1250. The van der Waals surface area contributed by atoms with Crippen molar-refractivity contribution in [1.29, 1.82) is 0 Å². The third kappa shape index (κ3) is 5.20. The Hall–Kier alpha value is -4.15. The summed E-state index contributed by atoms with van der Waals surface area (Å²) in [6.07, 6.45) is 0.625. The number of aromatic nitrogens is 1. The van der Waals surface area contributed by atoms with Crippen LogP contribution in [0.15, 0.2) is 51.7 Å². The van der Waals surface area contributed by atoms with Crippen LogP contribution in [0.2, 0.25) is 0 Å². The lowest BCUT2D eigenvalue weighted by Gasteiger charge is -2.28. The second-order valence-electron chi connectivity index (χ2n) is 7.75. The molecule has 11 heteroatoms. The summed E-state index contributed by atoms with van der Waals surface area (Å²) in [5.41, 5.74) is 2.34. The summed E-state index contributed by atoms with van der Waals surface area (Å²) < 4.78 is 6.46. The summed E-state index contributed by atoms with van der Waals surface area (Å²) >= 11 is 0. The number of piperazine rings is 1. The second-order valence-corrected chi connectivity index (χ2v) is 7.75. The van der Waals surface area contributed by atoms with E-state index in [-0.39, 0.29) is 36.1 Å². The van der Waals surface area contributed by atoms with Crippen LogP contribution in [0.1, 0.15) is 18.4 Å². The molecule has 0 radical (unpaired) electrons. The van der Waals surface area contributed by atoms with E-state index in [1.54, 1.807) is 0 Å². The Balaban J connectivity index is 1.26. The maximum absolute atomic E-state index is 12.2. The van der Waals surface area contributed by atoms with Gasteiger partial charge in [-0.05, 0) is 30.2 Å². The number of aryl methyl sites for hydroxylation is 1. The number of amides is 2. The van der Waals surface area contributed by atoms with Crippen molar-refractivity contribution < 1.29 is 18.9 Å². The molecule has 33 heavy (non-hydrogen) atoms. The first-order valence-electron chi connectivity index (χ1n) is 10.6. The first kappa shape index (κ1) is 22.1. The van der Waals surface area contributed by atoms with Gasteiger partial charge in [0.25, 0.3) is 5.69 Å². The minimum Gasteiger partial charge on any atom is -0.407 e. The Morgan fingerprint density at radius 2 is 1.97 bits per heavy atom. The number of fused-ring (bicyclic) bond motifs is 1. The molecule has 2 heterocycles. The van der Waals surface area contributed by atoms with Crippen LogP contribution in [0.25, 0.3) is 11.1 Å². The molecule has 2 amide bonds. The minimum absolute atomic E-state index is 0.00425. The van der Waals surface area contributed by atoms with Gasteiger partial charge < -0.3 is 20.0 Å². The summed E-state index contributed by atoms with van der Waals surface area (Å²) in [7, 11) is 0. The molecule has 3 aromatic rings. The molecule has 4 rings (SSSR count). The fourth-order valence-electron chi connectivity index (χ4n) is 3.75. The zero-order chi connectivity index (χ0) is 23.4. The molecule has 2 N–H and O–H groups in total. The summed E-state index contributed by atoms with van der Waals surface area (Å²) in [5.74, 6) is -0.759. The van der Waals surface area contributed by atoms with Crippen LogP contribution in [-0.2, 0) is 22.7 Å². The SMILES string of the molecule is O=C(CCCn1c(=O)oc2cc([N+](=O)[O-])ccc21)NCc1ccc(N2CCNC(=O)C2)cc1. The number of nitro benzene ring substituents is 1. The minimum atomic E-state index is -0.614. The van der Waals surface area contributed by atoms with Gasteiger partial charge in [0.2, 0.25) is 11.8 Å². The maximum Gasteiger partial charge on any atom is 0.419 e. The number of hydrogen-bond donors (Lipinski definition) is 2. The van der Waals surface area contributed by atoms with E-state index in [2.05, 4.69) is 10.6 Å². The Labute approximate surface area is 188 Å². The predicted molar refractivity (Wildman–Crippen MR) is 120 cm³/mol. The number of carbonyl (C=O) groups is 2. The van der Waals surface area contributed by atoms with Crippen molar-refractivity contribution in [3.8, 4) is 0 Å². The molecule has 1 aliphatic rings. The van der Waals surface area contributed by atoms with Gasteiger partial charge in [0, 0.05) is 44.4 Å². The lowest BCUT2D eigenvalue weighted by atomic mass is 10.1. The van der Waals surface area contributed by atoms with Gasteiger partial charge >= 0.3 is 5.76 Å². The van der Waals surface area contributed by atoms with E-state index in [9.17, 15) is 24.5 Å². The van der Waals surface area contributed by atoms with Crippen LogP contribution in [0.3, 0.4) is 0 Å². The molecule has 2 aromatic carbocycles. The molecule has 0 unspecified atom stereocenters. The van der Waals surface area contributed by atoms with Crippen LogP contribution in [0, 0.1) is 10.1 Å². The smallest absolute Gasteiger partial charge is 0.407 e. The van der Waals surface area contributed by atoms with E-state index in [1.807, 2.05) is 29.2 Å². The van der Waals surface area contributed by atoms with Gasteiger partial charge in [0.05, 0.1) is 23.1 Å². The van der Waals surface area contributed by atoms with E-state index in [4.69, 9.17) is 4.42 Å². The standard InChI is InChI=1S/C22H23N5O6/c28-20(24-13-15-3-5-16(6-4-15)25-11-9-23-21(29)14-25)2-1-10-26-18-8-7-17(27(31)32)12-19(18)33-22(26)30/h3-8,12H,1-2,9-11,13-14H2,(H,23,29)(H,24,28). The number of benzene rings is 2. The van der Waals surface area contributed by atoms with Crippen LogP contribution < -0.4 is 21.3 Å². The number of rotatable bonds is 8. The van der Waals surface area contributed by atoms with Crippen LogP contribution in [0.5, 0.6) is 0 Å². The molecule has 1 aliphatic heterocycles. The van der Waals surface area contributed by atoms with E-state index >= 15 is 0 Å². The number of non-ortho nitro benzene ring substituents is 1. The highest BCUT2D eigenvalue weighted by atomic mass is 16.6. The van der Waals surface area contributed by atoms with Crippen molar-refractivity contribution in [3.05, 3.63) is 68.7 Å². The van der Waals surface area contributed by atoms with Gasteiger partial charge in [0.1, 0.15) is 0 Å². The average Bonchev–Trinajstić information content (AvgIpc) is 3.12. The summed E-state index contributed by atoms with van der Waals surface area (Å²) in [6, 6.07) is 11.7. The van der Waals surface area contributed by atoms with Crippen LogP contribution in [0.4, 0.5) is 11.4 Å². The molecule has 11 nitrogen and oxygen atoms in total. The lowest BCUT2D eigenvalue weighted by Crippen LogP contribution is -2.47. The topological polar surface area (TPSA) is 140 Å². The molecule has 0 aliphatic carbocycles. The largest absolute Gasteiger partial charge is 0.419 e. The van der Waals surface area contributed by atoms with Gasteiger partial charge in [-0.2, -0.15) is 0 Å². The van der Waals surface area contributed by atoms with E-state index in [1.165, 1.54) is 22.8 Å². The fraction of sp³-hybridized carbons (Fsp3) is 0.318. The van der Waals surface area contributed by atoms with Crippen molar-refractivity contribution in [1.82, 2.24) is 15.2 Å². The van der Waals surface area contributed by atoms with Crippen molar-refractivity contribution >= 4 is 34.3 Å². The lowest BCUT2D eigenvalue weighted by molar-refractivity contribution is -0.384. The summed E-state index contributed by atoms with van der Waals surface area (Å²) in [5, 5.41) is 16.5. The third-order valence-electron chi connectivity index (χ3n) is 5.48. The molecule has 1 fully saturated rings. The molecule has 172 valence electrons. The van der Waals surface area contributed by atoms with Crippen molar-refractivity contribution in [2.75, 3.05) is 24.5 Å². The normalized spacial score (nSPS) is 13.7. The maximum atomic E-state index is 12.2. The highest BCUT2D eigenvalue weighted by molar-refractivity contribution is 5.82. The number of nitrogens with zero attached hydrogens (tertiary/aromatic N) is 3. The fourth-order valence-corrected chi connectivity index (χ4v) is 3.75.